The molecule has 4 aromatic rings. The molecule has 9 nitrogen and oxygen atoms in total. The standard InChI is InChI=1S/C29H34N8O/c1-2-37-21-26(28(34-37)22-4-3-12-30-20-22)27-9-13-31-29(33-27)32-23-5-7-24(8-6-23)35-14-16-36(17-15-35)25-10-18-38-19-11-25/h3-9,12-13,20-21,25H,2,10-11,14-19H2,1H3,(H,31,32,33). The maximum absolute atomic E-state index is 5.53. The first kappa shape index (κ1) is 24.5. The van der Waals surface area contributed by atoms with Gasteiger partial charge in [-0.25, -0.2) is 9.97 Å². The van der Waals surface area contributed by atoms with Gasteiger partial charge >= 0.3 is 0 Å². The van der Waals surface area contributed by atoms with Crippen LogP contribution in [0.25, 0.3) is 22.5 Å². The number of hydrogen-bond acceptors (Lipinski definition) is 8. The molecule has 2 fully saturated rings. The van der Waals surface area contributed by atoms with Gasteiger partial charge in [0.25, 0.3) is 0 Å². The number of nitrogens with zero attached hydrogens (tertiary/aromatic N) is 7. The van der Waals surface area contributed by atoms with Crippen molar-refractivity contribution in [2.75, 3.05) is 49.6 Å². The van der Waals surface area contributed by atoms with Crippen molar-refractivity contribution in [2.45, 2.75) is 32.4 Å². The smallest absolute Gasteiger partial charge is 0.227 e. The Morgan fingerprint density at radius 3 is 2.53 bits per heavy atom. The number of aryl methyl sites for hydroxylation is 1. The first-order valence-corrected chi connectivity index (χ1v) is 13.5. The van der Waals surface area contributed by atoms with Crippen LogP contribution in [0.2, 0.25) is 0 Å². The zero-order valence-corrected chi connectivity index (χ0v) is 21.8. The fourth-order valence-electron chi connectivity index (χ4n) is 5.34. The van der Waals surface area contributed by atoms with E-state index in [1.54, 1.807) is 12.4 Å². The molecule has 1 N–H and O–H groups in total. The fraction of sp³-hybridized carbons (Fsp3) is 0.379. The number of benzene rings is 1. The van der Waals surface area contributed by atoms with Crippen LogP contribution in [-0.4, -0.2) is 75.1 Å². The van der Waals surface area contributed by atoms with Gasteiger partial charge in [0.1, 0.15) is 5.69 Å². The van der Waals surface area contributed by atoms with Gasteiger partial charge in [0.05, 0.1) is 5.69 Å². The van der Waals surface area contributed by atoms with Crippen LogP contribution in [0.5, 0.6) is 0 Å². The highest BCUT2D eigenvalue weighted by Crippen LogP contribution is 2.30. The minimum atomic E-state index is 0.557. The van der Waals surface area contributed by atoms with Gasteiger partial charge < -0.3 is 15.0 Å². The van der Waals surface area contributed by atoms with Crippen molar-refractivity contribution in [3.63, 3.8) is 0 Å². The van der Waals surface area contributed by atoms with Crippen LogP contribution in [0.3, 0.4) is 0 Å². The van der Waals surface area contributed by atoms with Gasteiger partial charge in [-0.1, -0.05) is 0 Å². The van der Waals surface area contributed by atoms with Crippen LogP contribution in [0.1, 0.15) is 19.8 Å². The van der Waals surface area contributed by atoms with Crippen molar-refractivity contribution >= 4 is 17.3 Å². The van der Waals surface area contributed by atoms with Crippen molar-refractivity contribution in [1.82, 2.24) is 29.6 Å². The van der Waals surface area contributed by atoms with Crippen LogP contribution in [0, 0.1) is 0 Å². The Bertz CT molecular complexity index is 1330. The van der Waals surface area contributed by atoms with E-state index in [0.717, 1.165) is 87.0 Å². The van der Waals surface area contributed by atoms with E-state index in [4.69, 9.17) is 14.8 Å². The van der Waals surface area contributed by atoms with Gasteiger partial charge in [0.15, 0.2) is 0 Å². The first-order valence-electron chi connectivity index (χ1n) is 13.5. The van der Waals surface area contributed by atoms with Crippen LogP contribution in [0.4, 0.5) is 17.3 Å². The molecule has 1 aromatic carbocycles. The number of rotatable bonds is 7. The molecular weight excluding hydrogens is 476 g/mol. The lowest BCUT2D eigenvalue weighted by Gasteiger charge is -2.41. The Balaban J connectivity index is 1.13. The number of anilines is 3. The average Bonchev–Trinajstić information content (AvgIpc) is 3.44. The third-order valence-electron chi connectivity index (χ3n) is 7.46. The largest absolute Gasteiger partial charge is 0.381 e. The van der Waals surface area contributed by atoms with Gasteiger partial charge in [-0.15, -0.1) is 0 Å². The summed E-state index contributed by atoms with van der Waals surface area (Å²) in [6, 6.07) is 15.1. The molecule has 0 atom stereocenters. The summed E-state index contributed by atoms with van der Waals surface area (Å²) < 4.78 is 7.46. The Labute approximate surface area is 223 Å². The van der Waals surface area contributed by atoms with E-state index in [1.165, 1.54) is 5.69 Å². The molecule has 2 aliphatic rings. The summed E-state index contributed by atoms with van der Waals surface area (Å²) in [5, 5.41) is 8.13. The van der Waals surface area contributed by atoms with E-state index in [-0.39, 0.29) is 0 Å². The molecule has 0 amide bonds. The number of piperazine rings is 1. The van der Waals surface area contributed by atoms with Gasteiger partial charge in [-0.2, -0.15) is 5.10 Å². The van der Waals surface area contributed by atoms with Gasteiger partial charge in [0.2, 0.25) is 5.95 Å². The SMILES string of the molecule is CCn1cc(-c2ccnc(Nc3ccc(N4CCN(C5CCOCC5)CC4)cc3)n2)c(-c2cccnc2)n1. The van der Waals surface area contributed by atoms with E-state index in [9.17, 15) is 0 Å². The summed E-state index contributed by atoms with van der Waals surface area (Å²) in [4.78, 5) is 18.7. The molecule has 5 heterocycles. The highest BCUT2D eigenvalue weighted by Gasteiger charge is 2.25. The highest BCUT2D eigenvalue weighted by molar-refractivity contribution is 5.78. The molecule has 6 rings (SSSR count). The van der Waals surface area contributed by atoms with Gasteiger partial charge in [0, 0.05) is 99.3 Å². The molecule has 0 saturated carbocycles. The van der Waals surface area contributed by atoms with Crippen molar-refractivity contribution in [3.05, 3.63) is 67.3 Å². The molecule has 0 radical (unpaired) electrons. The van der Waals surface area contributed by atoms with Crippen molar-refractivity contribution < 1.29 is 4.74 Å². The van der Waals surface area contributed by atoms with Crippen LogP contribution < -0.4 is 10.2 Å². The molecule has 9 heteroatoms. The van der Waals surface area contributed by atoms with E-state index in [2.05, 4.69) is 56.3 Å². The topological polar surface area (TPSA) is 84.2 Å². The molecule has 3 aromatic heterocycles. The van der Waals surface area contributed by atoms with Crippen LogP contribution in [0.15, 0.2) is 67.3 Å². The predicted molar refractivity (Wildman–Crippen MR) is 150 cm³/mol. The van der Waals surface area contributed by atoms with Crippen molar-refractivity contribution in [1.29, 1.82) is 0 Å². The molecule has 2 saturated heterocycles. The minimum Gasteiger partial charge on any atom is -0.381 e. The summed E-state index contributed by atoms with van der Waals surface area (Å²) in [5.41, 5.74) is 5.83. The fourth-order valence-corrected chi connectivity index (χ4v) is 5.34. The van der Waals surface area contributed by atoms with E-state index < -0.39 is 0 Å². The average molecular weight is 511 g/mol. The lowest BCUT2D eigenvalue weighted by Crippen LogP contribution is -2.51. The predicted octanol–water partition coefficient (Wildman–Crippen LogP) is 4.47. The van der Waals surface area contributed by atoms with E-state index >= 15 is 0 Å². The third-order valence-corrected chi connectivity index (χ3v) is 7.46. The lowest BCUT2D eigenvalue weighted by molar-refractivity contribution is 0.0321. The summed E-state index contributed by atoms with van der Waals surface area (Å²) >= 11 is 0. The molecule has 2 aliphatic heterocycles. The molecule has 0 aliphatic carbocycles. The summed E-state index contributed by atoms with van der Waals surface area (Å²) in [6.45, 7) is 8.99. The zero-order valence-electron chi connectivity index (χ0n) is 21.8. The molecule has 38 heavy (non-hydrogen) atoms. The Morgan fingerprint density at radius 2 is 1.79 bits per heavy atom. The maximum atomic E-state index is 5.53. The quantitative estimate of drug-likeness (QED) is 0.390. The number of aromatic nitrogens is 5. The second kappa shape index (κ2) is 11.3. The molecule has 0 unspecified atom stereocenters. The number of nitrogens with one attached hydrogen (secondary N) is 1. The maximum Gasteiger partial charge on any atom is 0.227 e. The zero-order chi connectivity index (χ0) is 25.7. The Morgan fingerprint density at radius 1 is 0.974 bits per heavy atom. The van der Waals surface area contributed by atoms with E-state index in [0.29, 0.717) is 12.0 Å². The van der Waals surface area contributed by atoms with Crippen molar-refractivity contribution in [3.8, 4) is 22.5 Å². The van der Waals surface area contributed by atoms with Crippen molar-refractivity contribution in [2.24, 2.45) is 0 Å². The summed E-state index contributed by atoms with van der Waals surface area (Å²) in [7, 11) is 0. The van der Waals surface area contributed by atoms with Crippen LogP contribution >= 0.6 is 0 Å². The third kappa shape index (κ3) is 5.39. The number of pyridine rings is 1. The normalized spacial score (nSPS) is 17.0. The Hall–Kier alpha value is -3.82. The monoisotopic (exact) mass is 510 g/mol. The Kier molecular flexibility index (Phi) is 7.28. The van der Waals surface area contributed by atoms with Gasteiger partial charge in [-0.3, -0.25) is 14.6 Å². The highest BCUT2D eigenvalue weighted by atomic mass is 16.5. The second-order valence-corrected chi connectivity index (χ2v) is 9.79. The molecule has 196 valence electrons. The lowest BCUT2D eigenvalue weighted by atomic mass is 10.1. The molecule has 0 bridgehead atoms. The summed E-state index contributed by atoms with van der Waals surface area (Å²) in [6.07, 6.45) is 9.74. The molecular formula is C29H34N8O. The number of hydrogen-bond donors (Lipinski definition) is 1. The minimum absolute atomic E-state index is 0.557. The van der Waals surface area contributed by atoms with E-state index in [1.807, 2.05) is 35.3 Å². The number of ether oxygens (including phenoxy) is 1. The molecule has 0 spiro atoms. The first-order chi connectivity index (χ1) is 18.8. The van der Waals surface area contributed by atoms with Crippen LogP contribution in [-0.2, 0) is 11.3 Å². The van der Waals surface area contributed by atoms with Gasteiger partial charge in [-0.05, 0) is 62.2 Å². The summed E-state index contributed by atoms with van der Waals surface area (Å²) in [5.74, 6) is 0.557. The second-order valence-electron chi connectivity index (χ2n) is 9.79.